The van der Waals surface area contributed by atoms with Crippen molar-refractivity contribution in [1.82, 2.24) is 5.32 Å². The van der Waals surface area contributed by atoms with Crippen molar-refractivity contribution in [2.75, 3.05) is 0 Å². The second-order valence-electron chi connectivity index (χ2n) is 5.26. The molecular formula is C20H17NO2S. The highest BCUT2D eigenvalue weighted by Crippen LogP contribution is 2.22. The fourth-order valence-corrected chi connectivity index (χ4v) is 3.04. The number of phenols is 1. The zero-order valence-corrected chi connectivity index (χ0v) is 13.8. The molecule has 0 spiro atoms. The number of benzene rings is 2. The maximum Gasteiger partial charge on any atom is 0.191 e. The zero-order chi connectivity index (χ0) is 16.8. The van der Waals surface area contributed by atoms with Crippen LogP contribution in [0.15, 0.2) is 78.2 Å². The molecule has 0 aliphatic rings. The Morgan fingerprint density at radius 2 is 1.75 bits per heavy atom. The molecule has 4 heteroatoms. The molecule has 1 heterocycles. The molecule has 0 saturated heterocycles. The van der Waals surface area contributed by atoms with E-state index in [4.69, 9.17) is 0 Å². The Balaban J connectivity index is 1.85. The predicted molar refractivity (Wildman–Crippen MR) is 98.0 cm³/mol. The molecule has 2 N–H and O–H groups in total. The lowest BCUT2D eigenvalue weighted by Crippen LogP contribution is -2.12. The standard InChI is InChI=1S/C20H17NO2S/c22-18-10-5-4-9-16(18)19(23)13-17(20-11-6-12-24-20)21-14-15-7-2-1-3-8-15/h1-13,21-22H,14H2. The van der Waals surface area contributed by atoms with Crippen LogP contribution in [-0.2, 0) is 6.54 Å². The van der Waals surface area contributed by atoms with E-state index >= 15 is 0 Å². The average molecular weight is 335 g/mol. The molecule has 3 rings (SSSR count). The summed E-state index contributed by atoms with van der Waals surface area (Å²) in [7, 11) is 0. The number of para-hydroxylation sites is 1. The van der Waals surface area contributed by atoms with E-state index < -0.39 is 0 Å². The first kappa shape index (κ1) is 16.0. The molecule has 0 radical (unpaired) electrons. The number of carbonyl (C=O) groups is 1. The molecule has 3 nitrogen and oxygen atoms in total. The highest BCUT2D eigenvalue weighted by atomic mass is 32.1. The molecular weight excluding hydrogens is 318 g/mol. The summed E-state index contributed by atoms with van der Waals surface area (Å²) in [6.45, 7) is 0.624. The fourth-order valence-electron chi connectivity index (χ4n) is 2.33. The molecule has 0 aliphatic heterocycles. The van der Waals surface area contributed by atoms with Crippen LogP contribution < -0.4 is 5.32 Å². The number of allylic oxidation sites excluding steroid dienone is 1. The number of thiophene rings is 1. The molecule has 0 amide bonds. The van der Waals surface area contributed by atoms with E-state index in [1.807, 2.05) is 47.8 Å². The zero-order valence-electron chi connectivity index (χ0n) is 13.0. The predicted octanol–water partition coefficient (Wildman–Crippen LogP) is 4.47. The molecule has 0 saturated carbocycles. The van der Waals surface area contributed by atoms with Gasteiger partial charge in [-0.1, -0.05) is 48.5 Å². The number of carbonyl (C=O) groups excluding carboxylic acids is 1. The monoisotopic (exact) mass is 335 g/mol. The second kappa shape index (κ2) is 7.62. The van der Waals surface area contributed by atoms with Crippen LogP contribution in [0.1, 0.15) is 20.8 Å². The van der Waals surface area contributed by atoms with Crippen LogP contribution in [-0.4, -0.2) is 10.9 Å². The van der Waals surface area contributed by atoms with Gasteiger partial charge in [0.15, 0.2) is 5.78 Å². The average Bonchev–Trinajstić information content (AvgIpc) is 3.14. The number of hydrogen-bond donors (Lipinski definition) is 2. The van der Waals surface area contributed by atoms with Gasteiger partial charge in [0, 0.05) is 12.6 Å². The van der Waals surface area contributed by atoms with E-state index in [2.05, 4.69) is 5.32 Å². The Labute approximate surface area is 144 Å². The molecule has 0 unspecified atom stereocenters. The van der Waals surface area contributed by atoms with Crippen LogP contribution in [0.2, 0.25) is 0 Å². The Kier molecular flexibility index (Phi) is 5.08. The van der Waals surface area contributed by atoms with Crippen molar-refractivity contribution in [3.8, 4) is 5.75 Å². The summed E-state index contributed by atoms with van der Waals surface area (Å²) in [6.07, 6.45) is 1.55. The molecule has 3 aromatic rings. The second-order valence-corrected chi connectivity index (χ2v) is 6.20. The van der Waals surface area contributed by atoms with Gasteiger partial charge in [0.25, 0.3) is 0 Å². The van der Waals surface area contributed by atoms with Gasteiger partial charge in [0.05, 0.1) is 16.1 Å². The number of phenolic OH excluding ortho intramolecular Hbond substituents is 1. The van der Waals surface area contributed by atoms with Crippen molar-refractivity contribution in [2.24, 2.45) is 0 Å². The van der Waals surface area contributed by atoms with Gasteiger partial charge in [-0.25, -0.2) is 0 Å². The largest absolute Gasteiger partial charge is 0.507 e. The lowest BCUT2D eigenvalue weighted by atomic mass is 10.1. The highest BCUT2D eigenvalue weighted by molar-refractivity contribution is 7.11. The molecule has 0 atom stereocenters. The Hall–Kier alpha value is -2.85. The van der Waals surface area contributed by atoms with Crippen LogP contribution in [0.25, 0.3) is 5.70 Å². The highest BCUT2D eigenvalue weighted by Gasteiger charge is 2.11. The van der Waals surface area contributed by atoms with E-state index in [9.17, 15) is 9.90 Å². The third kappa shape index (κ3) is 3.91. The summed E-state index contributed by atoms with van der Waals surface area (Å²) in [4.78, 5) is 13.5. The first-order valence-corrected chi connectivity index (χ1v) is 8.48. The van der Waals surface area contributed by atoms with Gasteiger partial charge in [0.1, 0.15) is 5.75 Å². The minimum absolute atomic E-state index is 0.00709. The summed E-state index contributed by atoms with van der Waals surface area (Å²) < 4.78 is 0. The molecule has 120 valence electrons. The van der Waals surface area contributed by atoms with Crippen LogP contribution >= 0.6 is 11.3 Å². The van der Waals surface area contributed by atoms with Crippen molar-refractivity contribution in [3.63, 3.8) is 0 Å². The quantitative estimate of drug-likeness (QED) is 0.516. The summed E-state index contributed by atoms with van der Waals surface area (Å²) in [6, 6.07) is 20.5. The SMILES string of the molecule is O=C(C=C(NCc1ccccc1)c1cccs1)c1ccccc1O. The van der Waals surface area contributed by atoms with E-state index in [1.165, 1.54) is 6.07 Å². The molecule has 0 aliphatic carbocycles. The molecule has 1 aromatic heterocycles. The normalized spacial score (nSPS) is 11.2. The van der Waals surface area contributed by atoms with E-state index in [1.54, 1.807) is 35.6 Å². The lowest BCUT2D eigenvalue weighted by Gasteiger charge is -2.10. The summed E-state index contributed by atoms with van der Waals surface area (Å²) in [5, 5.41) is 15.2. The van der Waals surface area contributed by atoms with Gasteiger partial charge < -0.3 is 10.4 Å². The number of hydrogen-bond acceptors (Lipinski definition) is 4. The minimum Gasteiger partial charge on any atom is -0.507 e. The van der Waals surface area contributed by atoms with Crippen molar-refractivity contribution in [3.05, 3.63) is 94.2 Å². The number of aromatic hydroxyl groups is 1. The van der Waals surface area contributed by atoms with Crippen molar-refractivity contribution < 1.29 is 9.90 Å². The van der Waals surface area contributed by atoms with Crippen LogP contribution in [0.5, 0.6) is 5.75 Å². The fraction of sp³-hybridized carbons (Fsp3) is 0.0500. The maximum atomic E-state index is 12.5. The number of nitrogens with one attached hydrogen (secondary N) is 1. The topological polar surface area (TPSA) is 49.3 Å². The Bertz CT molecular complexity index is 839. The van der Waals surface area contributed by atoms with Crippen molar-refractivity contribution >= 4 is 22.8 Å². The smallest absolute Gasteiger partial charge is 0.191 e. The summed E-state index contributed by atoms with van der Waals surface area (Å²) >= 11 is 1.56. The van der Waals surface area contributed by atoms with E-state index in [0.717, 1.165) is 16.1 Å². The van der Waals surface area contributed by atoms with Gasteiger partial charge in [0.2, 0.25) is 0 Å². The third-order valence-electron chi connectivity index (χ3n) is 3.56. The summed E-state index contributed by atoms with van der Waals surface area (Å²) in [5.41, 5.74) is 2.19. The molecule has 2 aromatic carbocycles. The number of ketones is 1. The van der Waals surface area contributed by atoms with Gasteiger partial charge in [-0.05, 0) is 29.1 Å². The van der Waals surface area contributed by atoms with Gasteiger partial charge in [-0.15, -0.1) is 11.3 Å². The molecule has 0 fully saturated rings. The van der Waals surface area contributed by atoms with Crippen LogP contribution in [0, 0.1) is 0 Å². The van der Waals surface area contributed by atoms with E-state index in [-0.39, 0.29) is 11.5 Å². The molecule has 0 bridgehead atoms. The Morgan fingerprint density at radius 3 is 2.46 bits per heavy atom. The van der Waals surface area contributed by atoms with Crippen molar-refractivity contribution in [1.29, 1.82) is 0 Å². The van der Waals surface area contributed by atoms with Gasteiger partial charge in [-0.2, -0.15) is 0 Å². The maximum absolute atomic E-state index is 12.5. The minimum atomic E-state index is -0.225. The van der Waals surface area contributed by atoms with Crippen LogP contribution in [0.3, 0.4) is 0 Å². The van der Waals surface area contributed by atoms with E-state index in [0.29, 0.717) is 12.1 Å². The first-order valence-electron chi connectivity index (χ1n) is 7.60. The van der Waals surface area contributed by atoms with Gasteiger partial charge >= 0.3 is 0 Å². The molecule has 24 heavy (non-hydrogen) atoms. The van der Waals surface area contributed by atoms with Gasteiger partial charge in [-0.3, -0.25) is 4.79 Å². The summed E-state index contributed by atoms with van der Waals surface area (Å²) in [5.74, 6) is -0.232. The first-order chi connectivity index (χ1) is 11.7. The lowest BCUT2D eigenvalue weighted by molar-refractivity contribution is 0.104. The number of rotatable bonds is 6. The van der Waals surface area contributed by atoms with Crippen molar-refractivity contribution in [2.45, 2.75) is 6.54 Å². The Morgan fingerprint density at radius 1 is 1.00 bits per heavy atom. The van der Waals surface area contributed by atoms with Crippen LogP contribution in [0.4, 0.5) is 0 Å². The third-order valence-corrected chi connectivity index (χ3v) is 4.46.